The van der Waals surface area contributed by atoms with Crippen LogP contribution >= 0.6 is 11.9 Å². The fourth-order valence-corrected chi connectivity index (χ4v) is 3.99. The Morgan fingerprint density at radius 3 is 3.04 bits per heavy atom. The van der Waals surface area contributed by atoms with Crippen molar-refractivity contribution in [3.8, 4) is 0 Å². The Hall–Kier alpha value is -1.90. The highest BCUT2D eigenvalue weighted by Crippen LogP contribution is 2.32. The minimum Gasteiger partial charge on any atom is -0.383 e. The van der Waals surface area contributed by atoms with E-state index in [0.717, 1.165) is 34.6 Å². The smallest absolute Gasteiger partial charge is 0.147 e. The van der Waals surface area contributed by atoms with Crippen molar-refractivity contribution >= 4 is 35.0 Å². The predicted molar refractivity (Wildman–Crippen MR) is 101 cm³/mol. The molecule has 2 aromatic rings. The Bertz CT molecular complexity index is 832. The van der Waals surface area contributed by atoms with Gasteiger partial charge in [0, 0.05) is 31.1 Å². The van der Waals surface area contributed by atoms with Gasteiger partial charge in [0.25, 0.3) is 0 Å². The van der Waals surface area contributed by atoms with Crippen LogP contribution in [0.25, 0.3) is 10.9 Å². The van der Waals surface area contributed by atoms with E-state index >= 15 is 0 Å². The number of halogens is 1. The number of aromatic nitrogens is 1. The maximum atomic E-state index is 14.4. The van der Waals surface area contributed by atoms with E-state index in [1.807, 2.05) is 19.9 Å². The van der Waals surface area contributed by atoms with Crippen LogP contribution in [0.15, 0.2) is 27.1 Å². The van der Waals surface area contributed by atoms with E-state index in [0.29, 0.717) is 18.0 Å². The third-order valence-electron chi connectivity index (χ3n) is 4.04. The molecule has 25 heavy (non-hydrogen) atoms. The number of morpholine rings is 1. The molecule has 0 amide bonds. The van der Waals surface area contributed by atoms with E-state index in [-0.39, 0.29) is 11.9 Å². The summed E-state index contributed by atoms with van der Waals surface area (Å²) in [6.07, 6.45) is 1.58. The highest BCUT2D eigenvalue weighted by Gasteiger charge is 2.20. The molecule has 1 saturated heterocycles. The molecule has 2 heterocycles. The molecule has 0 radical (unpaired) electrons. The van der Waals surface area contributed by atoms with E-state index < -0.39 is 0 Å². The van der Waals surface area contributed by atoms with Gasteiger partial charge in [-0.1, -0.05) is 0 Å². The number of H-pyrrole nitrogens is 1. The average molecular weight is 363 g/mol. The lowest BCUT2D eigenvalue weighted by molar-refractivity contribution is 0.0134. The Balaban J connectivity index is 1.99. The molecule has 1 aliphatic rings. The van der Waals surface area contributed by atoms with Gasteiger partial charge in [0.1, 0.15) is 18.0 Å². The van der Waals surface area contributed by atoms with Gasteiger partial charge in [0.2, 0.25) is 0 Å². The van der Waals surface area contributed by atoms with E-state index in [1.165, 1.54) is 12.4 Å². The van der Waals surface area contributed by atoms with E-state index in [4.69, 9.17) is 10.5 Å². The van der Waals surface area contributed by atoms with Crippen molar-refractivity contribution < 1.29 is 9.13 Å². The van der Waals surface area contributed by atoms with Crippen LogP contribution in [0.4, 0.5) is 4.39 Å². The zero-order chi connectivity index (χ0) is 18.0. The number of nitrogens with one attached hydrogen (secondary N) is 1. The maximum Gasteiger partial charge on any atom is 0.147 e. The van der Waals surface area contributed by atoms with Crippen molar-refractivity contribution in [1.82, 2.24) is 9.29 Å². The Morgan fingerprint density at radius 1 is 1.52 bits per heavy atom. The summed E-state index contributed by atoms with van der Waals surface area (Å²) < 4.78 is 22.2. The Labute approximate surface area is 150 Å². The van der Waals surface area contributed by atoms with Crippen LogP contribution in [-0.4, -0.2) is 54.3 Å². The van der Waals surface area contributed by atoms with E-state index in [1.54, 1.807) is 19.0 Å². The number of aliphatic imine (C=N–C) groups is 2. The third-order valence-corrected chi connectivity index (χ3v) is 5.04. The summed E-state index contributed by atoms with van der Waals surface area (Å²) in [5, 5.41) is 1.60. The lowest BCUT2D eigenvalue weighted by Crippen LogP contribution is -2.36. The molecule has 1 unspecified atom stereocenters. The van der Waals surface area contributed by atoms with Crippen LogP contribution < -0.4 is 5.73 Å². The molecule has 1 atom stereocenters. The number of ether oxygens (including phenoxy) is 1. The lowest BCUT2D eigenvalue weighted by atomic mass is 10.0. The summed E-state index contributed by atoms with van der Waals surface area (Å²) in [6, 6.07) is 3.40. The van der Waals surface area contributed by atoms with Crippen molar-refractivity contribution in [3.05, 3.63) is 29.1 Å². The van der Waals surface area contributed by atoms with Gasteiger partial charge >= 0.3 is 0 Å². The Kier molecular flexibility index (Phi) is 5.41. The minimum absolute atomic E-state index is 0.191. The molecule has 6 nitrogen and oxygen atoms in total. The van der Waals surface area contributed by atoms with Crippen LogP contribution in [0.5, 0.6) is 0 Å². The molecule has 0 spiro atoms. The molecule has 0 saturated carbocycles. The molecule has 1 fully saturated rings. The van der Waals surface area contributed by atoms with Crippen molar-refractivity contribution in [2.24, 2.45) is 15.7 Å². The van der Waals surface area contributed by atoms with Crippen molar-refractivity contribution in [1.29, 1.82) is 0 Å². The summed E-state index contributed by atoms with van der Waals surface area (Å²) in [4.78, 5) is 11.1. The van der Waals surface area contributed by atoms with E-state index in [9.17, 15) is 4.39 Å². The van der Waals surface area contributed by atoms with Crippen LogP contribution in [0.2, 0.25) is 0 Å². The largest absolute Gasteiger partial charge is 0.383 e. The van der Waals surface area contributed by atoms with Gasteiger partial charge in [-0.2, -0.15) is 0 Å². The molecule has 8 heteroatoms. The van der Waals surface area contributed by atoms with Gasteiger partial charge < -0.3 is 15.5 Å². The van der Waals surface area contributed by atoms with Gasteiger partial charge in [-0.15, -0.1) is 0 Å². The van der Waals surface area contributed by atoms with Gasteiger partial charge in [-0.25, -0.2) is 13.7 Å². The van der Waals surface area contributed by atoms with Crippen LogP contribution in [0, 0.1) is 12.7 Å². The predicted octanol–water partition coefficient (Wildman–Crippen LogP) is 2.71. The minimum atomic E-state index is -0.296. The van der Waals surface area contributed by atoms with Crippen molar-refractivity contribution in [3.63, 3.8) is 0 Å². The summed E-state index contributed by atoms with van der Waals surface area (Å²) in [5.74, 6) is 0.0269. The fraction of sp³-hybridized carbons (Fsp3) is 0.412. The van der Waals surface area contributed by atoms with Crippen molar-refractivity contribution in [2.75, 3.05) is 26.7 Å². The normalized spacial score (nSPS) is 20.0. The maximum absolute atomic E-state index is 14.4. The number of aryl methyl sites for hydroxylation is 1. The lowest BCUT2D eigenvalue weighted by Gasteiger charge is -2.29. The molecule has 3 N–H and O–H groups in total. The first-order valence-corrected chi connectivity index (χ1v) is 8.87. The van der Waals surface area contributed by atoms with Crippen LogP contribution in [-0.2, 0) is 4.74 Å². The van der Waals surface area contributed by atoms with Crippen LogP contribution in [0.3, 0.4) is 0 Å². The molecule has 1 aliphatic heterocycles. The molecule has 1 aromatic heterocycles. The highest BCUT2D eigenvalue weighted by molar-refractivity contribution is 7.97. The molecule has 134 valence electrons. The number of hydrogen-bond acceptors (Lipinski definition) is 4. The first-order chi connectivity index (χ1) is 12.0. The summed E-state index contributed by atoms with van der Waals surface area (Å²) in [6.45, 7) is 6.22. The first kappa shape index (κ1) is 17.9. The van der Waals surface area contributed by atoms with Gasteiger partial charge in [-0.05, 0) is 43.5 Å². The summed E-state index contributed by atoms with van der Waals surface area (Å²) in [7, 11) is 1.62. The standard InChI is InChI=1S/C17H22FN5OS/c1-10-6-13(18)16-12(15(10)17(19)21-9-20-3)7-14(22-16)25-23-4-5-24-11(2)8-23/h6-7,9,11,22H,4-5,8H2,1-3H3,(H2,19,20,21). The average Bonchev–Trinajstić information content (AvgIpc) is 2.96. The summed E-state index contributed by atoms with van der Waals surface area (Å²) in [5.41, 5.74) is 8.01. The first-order valence-electron chi connectivity index (χ1n) is 8.10. The molecule has 0 bridgehead atoms. The fourth-order valence-electron chi connectivity index (χ4n) is 2.94. The molecule has 3 rings (SSSR count). The summed E-state index contributed by atoms with van der Waals surface area (Å²) >= 11 is 1.57. The van der Waals surface area contributed by atoms with Crippen molar-refractivity contribution in [2.45, 2.75) is 25.0 Å². The number of nitrogens with two attached hydrogens (primary N) is 1. The number of aromatic amines is 1. The quantitative estimate of drug-likeness (QED) is 0.497. The highest BCUT2D eigenvalue weighted by atomic mass is 32.2. The third kappa shape index (κ3) is 3.86. The molecular formula is C17H22FN5OS. The zero-order valence-electron chi connectivity index (χ0n) is 14.5. The van der Waals surface area contributed by atoms with Gasteiger partial charge in [0.05, 0.1) is 23.3 Å². The van der Waals surface area contributed by atoms with Gasteiger partial charge in [-0.3, -0.25) is 4.99 Å². The topological polar surface area (TPSA) is 79.0 Å². The molecule has 0 aliphatic carbocycles. The zero-order valence-corrected chi connectivity index (χ0v) is 15.4. The molecular weight excluding hydrogens is 341 g/mol. The van der Waals surface area contributed by atoms with E-state index in [2.05, 4.69) is 19.3 Å². The monoisotopic (exact) mass is 363 g/mol. The number of benzene rings is 1. The number of amidine groups is 1. The number of nitrogens with zero attached hydrogens (tertiary/aromatic N) is 3. The number of rotatable bonds is 4. The SMILES string of the molecule is CN=CN=C(N)c1c(C)cc(F)c2[nH]c(SN3CCOC(C)C3)cc12. The number of fused-ring (bicyclic) bond motifs is 1. The van der Waals surface area contributed by atoms with Crippen LogP contribution in [0.1, 0.15) is 18.1 Å². The Morgan fingerprint density at radius 2 is 2.32 bits per heavy atom. The number of hydrogen-bond donors (Lipinski definition) is 2. The molecule has 1 aromatic carbocycles. The second-order valence-electron chi connectivity index (χ2n) is 6.02. The second-order valence-corrected chi connectivity index (χ2v) is 7.16. The van der Waals surface area contributed by atoms with Gasteiger partial charge in [0.15, 0.2) is 0 Å². The second kappa shape index (κ2) is 7.55.